The number of carbonyl (C=O) groups is 3. The number of rotatable bonds is 10. The van der Waals surface area contributed by atoms with E-state index in [0.29, 0.717) is 0 Å². The number of nitrogens with one attached hydrogen (secondary N) is 2. The zero-order valence-electron chi connectivity index (χ0n) is 16.1. The maximum absolute atomic E-state index is 12.1. The Morgan fingerprint density at radius 1 is 1.03 bits per heavy atom. The second-order valence-electron chi connectivity index (χ2n) is 6.55. The number of carboxylic acid groups (broad SMARTS) is 1. The molecule has 30 heavy (non-hydrogen) atoms. The number of carboxylic acids is 1. The van der Waals surface area contributed by atoms with Gasteiger partial charge in [0.05, 0.1) is 12.5 Å². The predicted octanol–water partition coefficient (Wildman–Crippen LogP) is 2.24. The Kier molecular flexibility index (Phi) is 9.30. The Labute approximate surface area is 182 Å². The third-order valence-corrected chi connectivity index (χ3v) is 4.90. The lowest BCUT2D eigenvalue weighted by molar-refractivity contribution is -0.142. The van der Waals surface area contributed by atoms with E-state index in [1.807, 2.05) is 18.2 Å². The van der Waals surface area contributed by atoms with E-state index in [1.54, 1.807) is 36.4 Å². The zero-order chi connectivity index (χ0) is 21.9. The van der Waals surface area contributed by atoms with Crippen molar-refractivity contribution in [3.8, 4) is 0 Å². The summed E-state index contributed by atoms with van der Waals surface area (Å²) >= 11 is 3.34. The van der Waals surface area contributed by atoms with Gasteiger partial charge in [0, 0.05) is 17.4 Å². The molecule has 0 aliphatic rings. The summed E-state index contributed by atoms with van der Waals surface area (Å²) in [5, 5.41) is 24.1. The van der Waals surface area contributed by atoms with Crippen molar-refractivity contribution >= 4 is 33.9 Å². The monoisotopic (exact) mass is 478 g/mol. The number of alkyl carbamates (subject to hydrolysis) is 1. The minimum atomic E-state index is -1.19. The number of aliphatic hydroxyl groups excluding tert-OH is 1. The van der Waals surface area contributed by atoms with Crippen LogP contribution in [0.1, 0.15) is 17.5 Å². The van der Waals surface area contributed by atoms with E-state index in [0.717, 1.165) is 15.6 Å². The second-order valence-corrected chi connectivity index (χ2v) is 7.41. The molecule has 4 N–H and O–H groups in total. The molecule has 2 amide bonds. The van der Waals surface area contributed by atoms with Crippen LogP contribution in [0.25, 0.3) is 0 Å². The van der Waals surface area contributed by atoms with E-state index < -0.39 is 30.1 Å². The van der Waals surface area contributed by atoms with Gasteiger partial charge in [-0.25, -0.2) is 9.59 Å². The molecule has 2 aromatic rings. The Morgan fingerprint density at radius 2 is 1.70 bits per heavy atom. The quantitative estimate of drug-likeness (QED) is 0.414. The van der Waals surface area contributed by atoms with Crippen molar-refractivity contribution in [3.63, 3.8) is 0 Å². The average Bonchev–Trinajstić information content (AvgIpc) is 2.72. The maximum atomic E-state index is 12.1. The molecular formula is C21H23BrN2O6. The molecule has 160 valence electrons. The van der Waals surface area contributed by atoms with Crippen molar-refractivity contribution < 1.29 is 29.3 Å². The highest BCUT2D eigenvalue weighted by atomic mass is 79.9. The van der Waals surface area contributed by atoms with Gasteiger partial charge in [-0.1, -0.05) is 64.5 Å². The van der Waals surface area contributed by atoms with Gasteiger partial charge in [0.1, 0.15) is 12.6 Å². The van der Waals surface area contributed by atoms with Gasteiger partial charge < -0.3 is 25.6 Å². The lowest BCUT2D eigenvalue weighted by atomic mass is 10.1. The maximum Gasteiger partial charge on any atom is 0.407 e. The summed E-state index contributed by atoms with van der Waals surface area (Å²) in [4.78, 5) is 35.3. The molecule has 0 fully saturated rings. The third-order valence-electron chi connectivity index (χ3n) is 4.13. The van der Waals surface area contributed by atoms with Crippen molar-refractivity contribution in [2.75, 3.05) is 6.54 Å². The summed E-state index contributed by atoms with van der Waals surface area (Å²) in [6.45, 7) is -0.123. The van der Waals surface area contributed by atoms with Gasteiger partial charge in [-0.05, 0) is 17.2 Å². The van der Waals surface area contributed by atoms with E-state index in [4.69, 9.17) is 4.74 Å². The van der Waals surface area contributed by atoms with Crippen LogP contribution in [-0.2, 0) is 27.4 Å². The Morgan fingerprint density at radius 3 is 2.37 bits per heavy atom. The van der Waals surface area contributed by atoms with Crippen molar-refractivity contribution in [2.45, 2.75) is 31.6 Å². The average molecular weight is 479 g/mol. The molecule has 0 aromatic heterocycles. The molecule has 0 aliphatic heterocycles. The van der Waals surface area contributed by atoms with Gasteiger partial charge in [0.2, 0.25) is 5.91 Å². The summed E-state index contributed by atoms with van der Waals surface area (Å²) in [6.07, 6.45) is -2.19. The molecule has 8 nitrogen and oxygen atoms in total. The van der Waals surface area contributed by atoms with Gasteiger partial charge in [0.15, 0.2) is 0 Å². The lowest BCUT2D eigenvalue weighted by Crippen LogP contribution is -2.44. The van der Waals surface area contributed by atoms with E-state index in [1.165, 1.54) is 0 Å². The molecule has 2 aromatic carbocycles. The van der Waals surface area contributed by atoms with Gasteiger partial charge in [-0.2, -0.15) is 0 Å². The molecule has 0 saturated heterocycles. The largest absolute Gasteiger partial charge is 0.480 e. The van der Waals surface area contributed by atoms with Crippen LogP contribution in [0.2, 0.25) is 0 Å². The van der Waals surface area contributed by atoms with Gasteiger partial charge >= 0.3 is 12.1 Å². The fourth-order valence-corrected chi connectivity index (χ4v) is 3.05. The zero-order valence-corrected chi connectivity index (χ0v) is 17.7. The number of hydrogen-bond donors (Lipinski definition) is 4. The van der Waals surface area contributed by atoms with Crippen molar-refractivity contribution in [1.29, 1.82) is 0 Å². The molecule has 0 aliphatic carbocycles. The number of amides is 2. The summed E-state index contributed by atoms with van der Waals surface area (Å²) in [5.41, 5.74) is 1.55. The second kappa shape index (κ2) is 11.9. The summed E-state index contributed by atoms with van der Waals surface area (Å²) < 4.78 is 5.75. The van der Waals surface area contributed by atoms with E-state index in [-0.39, 0.29) is 26.0 Å². The number of carbonyl (C=O) groups excluding carboxylic acids is 2. The highest BCUT2D eigenvalue weighted by molar-refractivity contribution is 9.10. The van der Waals surface area contributed by atoms with Crippen molar-refractivity contribution in [3.05, 3.63) is 70.2 Å². The molecule has 0 spiro atoms. The van der Waals surface area contributed by atoms with Crippen LogP contribution in [-0.4, -0.2) is 46.9 Å². The van der Waals surface area contributed by atoms with Gasteiger partial charge in [-0.15, -0.1) is 0 Å². The van der Waals surface area contributed by atoms with Crippen LogP contribution in [0.5, 0.6) is 0 Å². The Hall–Kier alpha value is -2.91. The highest BCUT2D eigenvalue weighted by Gasteiger charge is 2.22. The van der Waals surface area contributed by atoms with Crippen molar-refractivity contribution in [2.24, 2.45) is 0 Å². The van der Waals surface area contributed by atoms with Gasteiger partial charge in [-0.3, -0.25) is 4.79 Å². The number of aliphatic hydroxyl groups is 1. The predicted molar refractivity (Wildman–Crippen MR) is 113 cm³/mol. The molecule has 0 heterocycles. The number of aliphatic carboxylic acids is 1. The van der Waals surface area contributed by atoms with E-state index in [2.05, 4.69) is 26.6 Å². The summed E-state index contributed by atoms with van der Waals surface area (Å²) in [5.74, 6) is -1.82. The van der Waals surface area contributed by atoms with Crippen LogP contribution >= 0.6 is 15.9 Å². The summed E-state index contributed by atoms with van der Waals surface area (Å²) in [6, 6.07) is 15.1. The SMILES string of the molecule is O=C(C[C@H](O)CNC(=O)OCc1ccccc1)N[C@H](Cc1ccccc1Br)C(=O)O. The number of halogens is 1. The molecule has 9 heteroatoms. The van der Waals surface area contributed by atoms with Crippen molar-refractivity contribution in [1.82, 2.24) is 10.6 Å². The molecular weight excluding hydrogens is 456 g/mol. The highest BCUT2D eigenvalue weighted by Crippen LogP contribution is 2.17. The Bertz CT molecular complexity index is 862. The molecule has 0 bridgehead atoms. The van der Waals surface area contributed by atoms with E-state index in [9.17, 15) is 24.6 Å². The number of benzene rings is 2. The minimum absolute atomic E-state index is 0.0819. The number of ether oxygens (including phenoxy) is 1. The minimum Gasteiger partial charge on any atom is -0.480 e. The fraction of sp³-hybridized carbons (Fsp3) is 0.286. The first-order valence-corrected chi connectivity index (χ1v) is 10.0. The van der Waals surface area contributed by atoms with Crippen LogP contribution < -0.4 is 10.6 Å². The van der Waals surface area contributed by atoms with Crippen LogP contribution in [0.3, 0.4) is 0 Å². The third kappa shape index (κ3) is 8.22. The van der Waals surface area contributed by atoms with E-state index >= 15 is 0 Å². The number of hydrogen-bond acceptors (Lipinski definition) is 5. The Balaban J connectivity index is 1.74. The standard InChI is InChI=1S/C21H23BrN2O6/c22-17-9-5-4-8-15(17)10-18(20(27)28)24-19(26)11-16(25)12-23-21(29)30-13-14-6-2-1-3-7-14/h1-9,16,18,25H,10-13H2,(H,23,29)(H,24,26)(H,27,28)/t16-,18+/m0/s1. The topological polar surface area (TPSA) is 125 Å². The van der Waals surface area contributed by atoms with Crippen LogP contribution in [0.4, 0.5) is 4.79 Å². The smallest absolute Gasteiger partial charge is 0.407 e. The first-order chi connectivity index (χ1) is 14.3. The molecule has 0 radical (unpaired) electrons. The molecule has 2 rings (SSSR count). The fourth-order valence-electron chi connectivity index (χ4n) is 2.60. The molecule has 0 unspecified atom stereocenters. The molecule has 2 atom stereocenters. The van der Waals surface area contributed by atoms with Crippen LogP contribution in [0.15, 0.2) is 59.1 Å². The summed E-state index contributed by atoms with van der Waals surface area (Å²) in [7, 11) is 0. The molecule has 0 saturated carbocycles. The van der Waals surface area contributed by atoms with Gasteiger partial charge in [0.25, 0.3) is 0 Å². The first kappa shape index (κ1) is 23.4. The normalized spacial score (nSPS) is 12.5. The first-order valence-electron chi connectivity index (χ1n) is 9.23. The lowest BCUT2D eigenvalue weighted by Gasteiger charge is -2.17. The van der Waals surface area contributed by atoms with Crippen LogP contribution in [0, 0.1) is 0 Å².